The molecule has 10 heteroatoms. The van der Waals surface area contributed by atoms with Crippen LogP contribution in [-0.4, -0.2) is 90.3 Å². The maximum absolute atomic E-state index is 14.0. The van der Waals surface area contributed by atoms with Crippen LogP contribution in [0.3, 0.4) is 0 Å². The fourth-order valence-corrected chi connectivity index (χ4v) is 13.1. The number of fused-ring (bicyclic) bond motifs is 6. The van der Waals surface area contributed by atoms with E-state index in [2.05, 4.69) is 30.4 Å². The molecule has 2 amide bonds. The van der Waals surface area contributed by atoms with Crippen LogP contribution in [0.1, 0.15) is 95.3 Å². The molecule has 6 aliphatic rings. The van der Waals surface area contributed by atoms with Crippen molar-refractivity contribution in [2.75, 3.05) is 32.7 Å². The van der Waals surface area contributed by atoms with Gasteiger partial charge in [0.15, 0.2) is 0 Å². The van der Waals surface area contributed by atoms with Gasteiger partial charge in [0.1, 0.15) is 6.04 Å². The SMILES string of the molecule is C[C@H]1CCC2C3CCC4C[C@H](NS(=O)(=O)O)[C@@H](N5CCN(C(=O)[C@@H]6CCCN6C(=O)c6ccc7ccccc7c6)CC5)C[C@]4(C)C3CC[C@@]21C. The first-order chi connectivity index (χ1) is 23.9. The third kappa shape index (κ3) is 5.90. The third-order valence-corrected chi connectivity index (χ3v) is 16.0. The molecular formula is C40H56N4O5S. The topological polar surface area (TPSA) is 110 Å². The zero-order valence-electron chi connectivity index (χ0n) is 30.1. The number of carbonyl (C=O) groups excluding carboxylic acids is 2. The maximum atomic E-state index is 14.0. The Hall–Kier alpha value is -2.53. The molecule has 2 N–H and O–H groups in total. The molecule has 0 radical (unpaired) electrons. The fourth-order valence-electron chi connectivity index (χ4n) is 12.5. The average molecular weight is 705 g/mol. The van der Waals surface area contributed by atoms with Crippen LogP contribution in [-0.2, 0) is 15.1 Å². The molecule has 4 saturated carbocycles. The van der Waals surface area contributed by atoms with Crippen molar-refractivity contribution in [1.29, 1.82) is 0 Å². The van der Waals surface area contributed by atoms with Crippen LogP contribution in [0.25, 0.3) is 10.8 Å². The van der Waals surface area contributed by atoms with Crippen molar-refractivity contribution in [3.05, 3.63) is 48.0 Å². The van der Waals surface area contributed by atoms with Crippen molar-refractivity contribution in [3.63, 3.8) is 0 Å². The molecule has 0 bridgehead atoms. The molecule has 2 saturated heterocycles. The smallest absolute Gasteiger partial charge is 0.333 e. The molecule has 10 atom stereocenters. The van der Waals surface area contributed by atoms with Gasteiger partial charge in [-0.15, -0.1) is 0 Å². The summed E-state index contributed by atoms with van der Waals surface area (Å²) in [6.07, 6.45) is 10.7. The number of hydrogen-bond donors (Lipinski definition) is 2. The minimum atomic E-state index is -4.37. The zero-order chi connectivity index (χ0) is 35.0. The highest BCUT2D eigenvalue weighted by Gasteiger charge is 2.61. The minimum absolute atomic E-state index is 0.0192. The highest BCUT2D eigenvalue weighted by atomic mass is 32.2. The van der Waals surface area contributed by atoms with Crippen LogP contribution in [0.15, 0.2) is 42.5 Å². The summed E-state index contributed by atoms with van der Waals surface area (Å²) in [6.45, 7) is 10.5. The summed E-state index contributed by atoms with van der Waals surface area (Å²) < 4.78 is 37.2. The number of hydrogen-bond acceptors (Lipinski definition) is 5. The Kier molecular flexibility index (Phi) is 8.88. The van der Waals surface area contributed by atoms with Gasteiger partial charge in [0.2, 0.25) is 5.91 Å². The summed E-state index contributed by atoms with van der Waals surface area (Å²) in [7, 11) is -4.37. The number of benzene rings is 2. The van der Waals surface area contributed by atoms with Crippen LogP contribution in [0.5, 0.6) is 0 Å². The number of nitrogens with zero attached hydrogens (tertiary/aromatic N) is 3. The van der Waals surface area contributed by atoms with Crippen LogP contribution in [0, 0.1) is 40.4 Å². The summed E-state index contributed by atoms with van der Waals surface area (Å²) >= 11 is 0. The molecule has 2 heterocycles. The highest BCUT2D eigenvalue weighted by molar-refractivity contribution is 7.83. The molecule has 8 rings (SSSR count). The van der Waals surface area contributed by atoms with E-state index in [1.807, 2.05) is 47.4 Å². The van der Waals surface area contributed by atoms with Gasteiger partial charge in [-0.3, -0.25) is 19.0 Å². The number of carbonyl (C=O) groups is 2. The normalized spacial score (nSPS) is 39.2. The van der Waals surface area contributed by atoms with Gasteiger partial charge < -0.3 is 9.80 Å². The summed E-state index contributed by atoms with van der Waals surface area (Å²) in [5.41, 5.74) is 1.19. The van der Waals surface area contributed by atoms with Gasteiger partial charge in [-0.1, -0.05) is 51.1 Å². The first kappa shape index (κ1) is 34.6. The lowest BCUT2D eigenvalue weighted by Crippen LogP contribution is -2.65. The van der Waals surface area contributed by atoms with Crippen molar-refractivity contribution < 1.29 is 22.6 Å². The first-order valence-electron chi connectivity index (χ1n) is 19.4. The number of amides is 2. The lowest BCUT2D eigenvalue weighted by atomic mass is 9.44. The Morgan fingerprint density at radius 3 is 2.36 bits per heavy atom. The van der Waals surface area contributed by atoms with Crippen LogP contribution < -0.4 is 4.72 Å². The van der Waals surface area contributed by atoms with Gasteiger partial charge in [0, 0.05) is 50.4 Å². The second-order valence-corrected chi connectivity index (χ2v) is 18.7. The van der Waals surface area contributed by atoms with Crippen LogP contribution >= 0.6 is 0 Å². The van der Waals surface area contributed by atoms with Crippen molar-refractivity contribution in [2.45, 2.75) is 103 Å². The van der Waals surface area contributed by atoms with Gasteiger partial charge >= 0.3 is 10.3 Å². The molecule has 9 nitrogen and oxygen atoms in total. The standard InChI is InChI=1S/C40H56N4O5S/c1-26-10-15-32-31-14-13-30-24-34(41-50(47,48)49)36(25-40(30,3)33(31)16-17-39(26,32)2)42-19-21-43(22-20-42)38(46)35-9-6-18-44(35)37(45)29-12-11-27-7-4-5-8-28(27)23-29/h4-5,7-8,11-12,23,26,30-36,41H,6,9-10,13-22,24-25H2,1-3H3,(H,47,48,49)/t26-,30?,31?,32?,33?,34-,35-,36-,39+,40-/m0/s1. The van der Waals surface area contributed by atoms with E-state index in [1.54, 1.807) is 4.90 Å². The van der Waals surface area contributed by atoms with E-state index in [9.17, 15) is 22.6 Å². The van der Waals surface area contributed by atoms with Crippen molar-refractivity contribution in [3.8, 4) is 0 Å². The lowest BCUT2D eigenvalue weighted by Gasteiger charge is -2.63. The molecule has 4 aliphatic carbocycles. The van der Waals surface area contributed by atoms with Gasteiger partial charge in [-0.05, 0) is 128 Å². The average Bonchev–Trinajstić information content (AvgIpc) is 3.71. The highest BCUT2D eigenvalue weighted by Crippen LogP contribution is 2.67. The number of likely N-dealkylation sites (tertiary alicyclic amines) is 1. The molecule has 0 spiro atoms. The van der Waals surface area contributed by atoms with E-state index in [0.29, 0.717) is 62.0 Å². The Morgan fingerprint density at radius 1 is 0.860 bits per heavy atom. The van der Waals surface area contributed by atoms with Crippen molar-refractivity contribution >= 4 is 32.9 Å². The molecule has 272 valence electrons. The van der Waals surface area contributed by atoms with E-state index < -0.39 is 16.3 Å². The van der Waals surface area contributed by atoms with E-state index in [4.69, 9.17) is 0 Å². The predicted octanol–water partition coefficient (Wildman–Crippen LogP) is 6.01. The molecule has 6 fully saturated rings. The molecule has 0 aromatic heterocycles. The number of nitrogens with one attached hydrogen (secondary N) is 1. The molecule has 2 aliphatic heterocycles. The van der Waals surface area contributed by atoms with Gasteiger partial charge in [-0.2, -0.15) is 13.1 Å². The first-order valence-corrected chi connectivity index (χ1v) is 20.9. The number of rotatable bonds is 5. The molecule has 4 unspecified atom stereocenters. The zero-order valence-corrected chi connectivity index (χ0v) is 30.9. The fraction of sp³-hybridized carbons (Fsp3) is 0.700. The van der Waals surface area contributed by atoms with E-state index in [1.165, 1.54) is 32.1 Å². The second-order valence-electron chi connectivity index (χ2n) is 17.5. The van der Waals surface area contributed by atoms with Gasteiger partial charge in [0.05, 0.1) is 0 Å². The Bertz CT molecular complexity index is 1740. The quantitative estimate of drug-likeness (QED) is 0.370. The Morgan fingerprint density at radius 2 is 1.60 bits per heavy atom. The van der Waals surface area contributed by atoms with Crippen LogP contribution in [0.2, 0.25) is 0 Å². The maximum Gasteiger partial charge on any atom is 0.333 e. The van der Waals surface area contributed by atoms with E-state index in [0.717, 1.165) is 54.2 Å². The summed E-state index contributed by atoms with van der Waals surface area (Å²) in [6, 6.07) is 12.9. The molecule has 2 aromatic rings. The summed E-state index contributed by atoms with van der Waals surface area (Å²) in [4.78, 5) is 33.8. The Balaban J connectivity index is 0.966. The van der Waals surface area contributed by atoms with Gasteiger partial charge in [-0.25, -0.2) is 0 Å². The van der Waals surface area contributed by atoms with E-state index in [-0.39, 0.29) is 29.3 Å². The van der Waals surface area contributed by atoms with Crippen molar-refractivity contribution in [1.82, 2.24) is 19.4 Å². The van der Waals surface area contributed by atoms with Gasteiger partial charge in [0.25, 0.3) is 5.91 Å². The monoisotopic (exact) mass is 704 g/mol. The minimum Gasteiger partial charge on any atom is -0.338 e. The van der Waals surface area contributed by atoms with Crippen molar-refractivity contribution in [2.24, 2.45) is 40.4 Å². The Labute approximate surface area is 298 Å². The molecule has 50 heavy (non-hydrogen) atoms. The predicted molar refractivity (Wildman–Crippen MR) is 195 cm³/mol. The lowest BCUT2D eigenvalue weighted by molar-refractivity contribution is -0.141. The van der Waals surface area contributed by atoms with Crippen LogP contribution in [0.4, 0.5) is 0 Å². The van der Waals surface area contributed by atoms with E-state index >= 15 is 0 Å². The number of piperazine rings is 1. The second kappa shape index (κ2) is 12.8. The largest absolute Gasteiger partial charge is 0.338 e. The summed E-state index contributed by atoms with van der Waals surface area (Å²) in [5, 5.41) is 2.10. The third-order valence-electron chi connectivity index (χ3n) is 15.4. The molecule has 2 aromatic carbocycles. The summed E-state index contributed by atoms with van der Waals surface area (Å²) in [5.74, 6) is 3.33. The molecular weight excluding hydrogens is 649 g/mol.